The van der Waals surface area contributed by atoms with Crippen LogP contribution in [0.15, 0.2) is 24.3 Å². The van der Waals surface area contributed by atoms with Crippen LogP contribution in [0.1, 0.15) is 37.8 Å². The van der Waals surface area contributed by atoms with Gasteiger partial charge in [0.15, 0.2) is 0 Å². The zero-order chi connectivity index (χ0) is 11.6. The molecule has 1 heterocycles. The Hall–Kier alpha value is -0.820. The van der Waals surface area contributed by atoms with Gasteiger partial charge in [0, 0.05) is 13.1 Å². The number of rotatable bonds is 2. The number of piperidine rings is 1. The maximum atomic E-state index is 2.60. The van der Waals surface area contributed by atoms with Crippen molar-refractivity contribution in [2.75, 3.05) is 13.1 Å². The molecule has 0 aromatic heterocycles. The van der Waals surface area contributed by atoms with Gasteiger partial charge >= 0.3 is 0 Å². The molecular formula is C15H23N. The van der Waals surface area contributed by atoms with Crippen molar-refractivity contribution in [3.8, 4) is 0 Å². The van der Waals surface area contributed by atoms with Crippen molar-refractivity contribution in [3.05, 3.63) is 35.4 Å². The van der Waals surface area contributed by atoms with Crippen LogP contribution in [0.5, 0.6) is 0 Å². The summed E-state index contributed by atoms with van der Waals surface area (Å²) in [5.74, 6) is 0. The van der Waals surface area contributed by atoms with E-state index in [-0.39, 0.29) is 0 Å². The molecule has 1 nitrogen and oxygen atoms in total. The largest absolute Gasteiger partial charge is 0.299 e. The van der Waals surface area contributed by atoms with Crippen LogP contribution in [0, 0.1) is 12.3 Å². The standard InChI is InChI=1S/C15H23N/c1-13-7-4-5-8-14(13)11-16-10-6-9-15(2,3)12-16/h4-5,7-8H,6,9-12H2,1-3H3. The lowest BCUT2D eigenvalue weighted by molar-refractivity contribution is 0.111. The van der Waals surface area contributed by atoms with Crippen molar-refractivity contribution in [1.29, 1.82) is 0 Å². The van der Waals surface area contributed by atoms with Crippen LogP contribution in [0.25, 0.3) is 0 Å². The third-order valence-electron chi connectivity index (χ3n) is 3.63. The average Bonchev–Trinajstić information content (AvgIpc) is 2.20. The molecule has 0 saturated carbocycles. The molecule has 0 amide bonds. The van der Waals surface area contributed by atoms with E-state index in [0.717, 1.165) is 6.54 Å². The van der Waals surface area contributed by atoms with Crippen molar-refractivity contribution in [3.63, 3.8) is 0 Å². The zero-order valence-corrected chi connectivity index (χ0v) is 10.8. The molecule has 1 aromatic carbocycles. The van der Waals surface area contributed by atoms with Gasteiger partial charge in [-0.3, -0.25) is 4.90 Å². The molecule has 1 aromatic rings. The van der Waals surface area contributed by atoms with Crippen molar-refractivity contribution in [2.24, 2.45) is 5.41 Å². The Morgan fingerprint density at radius 3 is 2.69 bits per heavy atom. The van der Waals surface area contributed by atoms with Crippen LogP contribution in [0.2, 0.25) is 0 Å². The lowest BCUT2D eigenvalue weighted by atomic mass is 9.84. The molecule has 0 bridgehead atoms. The molecule has 0 radical (unpaired) electrons. The van der Waals surface area contributed by atoms with Crippen LogP contribution >= 0.6 is 0 Å². The number of benzene rings is 1. The van der Waals surface area contributed by atoms with Crippen molar-refractivity contribution in [2.45, 2.75) is 40.2 Å². The second-order valence-corrected chi connectivity index (χ2v) is 5.90. The molecule has 0 unspecified atom stereocenters. The molecule has 0 spiro atoms. The lowest BCUT2D eigenvalue weighted by Crippen LogP contribution is -2.39. The predicted molar refractivity (Wildman–Crippen MR) is 69.5 cm³/mol. The van der Waals surface area contributed by atoms with Gasteiger partial charge in [0.25, 0.3) is 0 Å². The molecule has 1 heteroatoms. The van der Waals surface area contributed by atoms with Crippen molar-refractivity contribution >= 4 is 0 Å². The van der Waals surface area contributed by atoms with Crippen molar-refractivity contribution < 1.29 is 0 Å². The summed E-state index contributed by atoms with van der Waals surface area (Å²) in [5, 5.41) is 0. The van der Waals surface area contributed by atoms with E-state index in [1.165, 1.54) is 37.1 Å². The Morgan fingerprint density at radius 1 is 1.25 bits per heavy atom. The van der Waals surface area contributed by atoms with Crippen LogP contribution in [-0.4, -0.2) is 18.0 Å². The number of likely N-dealkylation sites (tertiary alicyclic amines) is 1. The minimum Gasteiger partial charge on any atom is -0.299 e. The lowest BCUT2D eigenvalue weighted by Gasteiger charge is -2.38. The maximum Gasteiger partial charge on any atom is 0.0236 e. The maximum absolute atomic E-state index is 2.60. The highest BCUT2D eigenvalue weighted by atomic mass is 15.1. The molecule has 1 fully saturated rings. The van der Waals surface area contributed by atoms with E-state index in [1.807, 2.05) is 0 Å². The fraction of sp³-hybridized carbons (Fsp3) is 0.600. The minimum atomic E-state index is 0.501. The molecule has 16 heavy (non-hydrogen) atoms. The first-order valence-corrected chi connectivity index (χ1v) is 6.34. The van der Waals surface area contributed by atoms with Gasteiger partial charge in [-0.15, -0.1) is 0 Å². The predicted octanol–water partition coefficient (Wildman–Crippen LogP) is 3.62. The number of aryl methyl sites for hydroxylation is 1. The summed E-state index contributed by atoms with van der Waals surface area (Å²) < 4.78 is 0. The summed E-state index contributed by atoms with van der Waals surface area (Å²) in [6, 6.07) is 8.75. The van der Waals surface area contributed by atoms with Crippen LogP contribution < -0.4 is 0 Å². The van der Waals surface area contributed by atoms with Crippen molar-refractivity contribution in [1.82, 2.24) is 4.90 Å². The molecule has 2 rings (SSSR count). The Balaban J connectivity index is 2.02. The van der Waals surface area contributed by atoms with Crippen LogP contribution in [-0.2, 0) is 6.54 Å². The number of hydrogen-bond donors (Lipinski definition) is 0. The smallest absolute Gasteiger partial charge is 0.0236 e. The first-order valence-electron chi connectivity index (χ1n) is 6.34. The second kappa shape index (κ2) is 4.58. The molecular weight excluding hydrogens is 194 g/mol. The number of hydrogen-bond acceptors (Lipinski definition) is 1. The van der Waals surface area contributed by atoms with Gasteiger partial charge in [-0.25, -0.2) is 0 Å². The third kappa shape index (κ3) is 2.85. The highest BCUT2D eigenvalue weighted by Gasteiger charge is 2.26. The van der Waals surface area contributed by atoms with Gasteiger partial charge in [-0.2, -0.15) is 0 Å². The van der Waals surface area contributed by atoms with E-state index in [9.17, 15) is 0 Å². The molecule has 0 atom stereocenters. The summed E-state index contributed by atoms with van der Waals surface area (Å²) in [5.41, 5.74) is 3.41. The Morgan fingerprint density at radius 2 is 2.00 bits per heavy atom. The van der Waals surface area contributed by atoms with Gasteiger partial charge in [0.2, 0.25) is 0 Å². The monoisotopic (exact) mass is 217 g/mol. The van der Waals surface area contributed by atoms with Crippen LogP contribution in [0.4, 0.5) is 0 Å². The Kier molecular flexibility index (Phi) is 3.34. The average molecular weight is 217 g/mol. The summed E-state index contributed by atoms with van der Waals surface area (Å²) in [6.07, 6.45) is 2.72. The first-order chi connectivity index (χ1) is 7.57. The quantitative estimate of drug-likeness (QED) is 0.731. The molecule has 1 aliphatic heterocycles. The Labute approximate surface area is 99.5 Å². The highest BCUT2D eigenvalue weighted by molar-refractivity contribution is 5.25. The van der Waals surface area contributed by atoms with Gasteiger partial charge in [-0.1, -0.05) is 38.1 Å². The number of nitrogens with zero attached hydrogens (tertiary/aromatic N) is 1. The van der Waals surface area contributed by atoms with E-state index in [4.69, 9.17) is 0 Å². The van der Waals surface area contributed by atoms with E-state index in [1.54, 1.807) is 0 Å². The SMILES string of the molecule is Cc1ccccc1CN1CCCC(C)(C)C1. The first kappa shape index (κ1) is 11.7. The summed E-state index contributed by atoms with van der Waals surface area (Å²) in [6.45, 7) is 10.6. The second-order valence-electron chi connectivity index (χ2n) is 5.90. The summed E-state index contributed by atoms with van der Waals surface area (Å²) in [7, 11) is 0. The Bertz CT molecular complexity index is 354. The summed E-state index contributed by atoms with van der Waals surface area (Å²) >= 11 is 0. The van der Waals surface area contributed by atoms with E-state index in [2.05, 4.69) is 49.9 Å². The van der Waals surface area contributed by atoms with Gasteiger partial charge < -0.3 is 0 Å². The molecule has 0 N–H and O–H groups in total. The normalized spacial score (nSPS) is 20.9. The molecule has 1 saturated heterocycles. The highest BCUT2D eigenvalue weighted by Crippen LogP contribution is 2.29. The molecule has 1 aliphatic rings. The van der Waals surface area contributed by atoms with Gasteiger partial charge in [0.1, 0.15) is 0 Å². The topological polar surface area (TPSA) is 3.24 Å². The van der Waals surface area contributed by atoms with E-state index >= 15 is 0 Å². The molecule has 0 aliphatic carbocycles. The zero-order valence-electron chi connectivity index (χ0n) is 10.8. The fourth-order valence-corrected chi connectivity index (χ4v) is 2.71. The fourth-order valence-electron chi connectivity index (χ4n) is 2.71. The van der Waals surface area contributed by atoms with Gasteiger partial charge in [0.05, 0.1) is 0 Å². The molecule has 88 valence electrons. The van der Waals surface area contributed by atoms with E-state index in [0.29, 0.717) is 5.41 Å². The summed E-state index contributed by atoms with van der Waals surface area (Å²) in [4.78, 5) is 2.60. The van der Waals surface area contributed by atoms with Crippen LogP contribution in [0.3, 0.4) is 0 Å². The third-order valence-corrected chi connectivity index (χ3v) is 3.63. The minimum absolute atomic E-state index is 0.501. The van der Waals surface area contributed by atoms with E-state index < -0.39 is 0 Å². The van der Waals surface area contributed by atoms with Gasteiger partial charge in [-0.05, 0) is 42.9 Å².